The van der Waals surface area contributed by atoms with E-state index in [0.717, 1.165) is 33.1 Å². The van der Waals surface area contributed by atoms with E-state index in [9.17, 15) is 4.79 Å². The normalized spacial score (nSPS) is 11.5. The molecule has 3 rings (SSSR count). The molecule has 3 heteroatoms. The Bertz CT molecular complexity index is 948. The van der Waals surface area contributed by atoms with E-state index in [0.29, 0.717) is 0 Å². The molecule has 0 saturated carbocycles. The van der Waals surface area contributed by atoms with E-state index in [-0.39, 0.29) is 38.4 Å². The Morgan fingerprint density at radius 1 is 0.821 bits per heavy atom. The maximum absolute atomic E-state index is 13.2. The molecule has 1 unspecified atom stereocenters. The van der Waals surface area contributed by atoms with E-state index in [1.54, 1.807) is 0 Å². The SMILES string of the molecule is Cc1cc(C(C)(C)C)cc(C)c1C(=O)Pc1ccccc1-c1ccccc1.[Li]. The number of hydrogen-bond donors (Lipinski definition) is 0. The van der Waals surface area contributed by atoms with Crippen molar-refractivity contribution >= 4 is 38.3 Å². The second-order valence-corrected chi connectivity index (χ2v) is 9.34. The third kappa shape index (κ3) is 5.04. The minimum absolute atomic E-state index is 0. The van der Waals surface area contributed by atoms with Gasteiger partial charge in [-0.05, 0) is 61.0 Å². The van der Waals surface area contributed by atoms with Crippen molar-refractivity contribution in [3.05, 3.63) is 89.0 Å². The largest absolute Gasteiger partial charge is 0.289 e. The van der Waals surface area contributed by atoms with E-state index >= 15 is 0 Å². The maximum Gasteiger partial charge on any atom is 0.186 e. The molecule has 1 atom stereocenters. The third-order valence-electron chi connectivity index (χ3n) is 4.89. The van der Waals surface area contributed by atoms with Crippen molar-refractivity contribution in [2.45, 2.75) is 40.0 Å². The molecular formula is C25H27LiOP. The quantitative estimate of drug-likeness (QED) is 0.398. The summed E-state index contributed by atoms with van der Waals surface area (Å²) in [6.07, 6.45) is 0. The first-order chi connectivity index (χ1) is 12.8. The summed E-state index contributed by atoms with van der Waals surface area (Å²) in [5, 5.41) is 1.10. The van der Waals surface area contributed by atoms with Crippen LogP contribution in [0.15, 0.2) is 66.7 Å². The number of aryl methyl sites for hydroxylation is 2. The molecule has 0 amide bonds. The van der Waals surface area contributed by atoms with Crippen molar-refractivity contribution in [1.82, 2.24) is 0 Å². The third-order valence-corrected chi connectivity index (χ3v) is 6.07. The van der Waals surface area contributed by atoms with Gasteiger partial charge in [0.2, 0.25) is 0 Å². The number of carbonyl (C=O) groups is 1. The number of hydrogen-bond acceptors (Lipinski definition) is 1. The summed E-state index contributed by atoms with van der Waals surface area (Å²) in [6.45, 7) is 10.7. The molecule has 0 aliphatic heterocycles. The van der Waals surface area contributed by atoms with Crippen LogP contribution in [-0.2, 0) is 5.41 Å². The molecule has 0 spiro atoms. The van der Waals surface area contributed by atoms with Gasteiger partial charge in [-0.2, -0.15) is 0 Å². The van der Waals surface area contributed by atoms with E-state index in [1.165, 1.54) is 5.56 Å². The van der Waals surface area contributed by atoms with Gasteiger partial charge >= 0.3 is 0 Å². The molecule has 1 radical (unpaired) electrons. The Morgan fingerprint density at radius 3 is 1.93 bits per heavy atom. The second kappa shape index (κ2) is 9.24. The van der Waals surface area contributed by atoms with Gasteiger partial charge in [-0.15, -0.1) is 0 Å². The van der Waals surface area contributed by atoms with Gasteiger partial charge in [0.15, 0.2) is 5.52 Å². The van der Waals surface area contributed by atoms with Crippen molar-refractivity contribution in [3.8, 4) is 11.1 Å². The summed E-state index contributed by atoms with van der Waals surface area (Å²) >= 11 is 0. The van der Waals surface area contributed by atoms with Crippen molar-refractivity contribution in [2.24, 2.45) is 0 Å². The average molecular weight is 381 g/mol. The molecule has 0 aliphatic rings. The van der Waals surface area contributed by atoms with E-state index < -0.39 is 0 Å². The van der Waals surface area contributed by atoms with Crippen LogP contribution >= 0.6 is 8.58 Å². The molecule has 139 valence electrons. The molecule has 3 aromatic rings. The van der Waals surface area contributed by atoms with Crippen molar-refractivity contribution in [3.63, 3.8) is 0 Å². The molecule has 0 aromatic heterocycles. The molecule has 0 N–H and O–H groups in total. The van der Waals surface area contributed by atoms with Crippen LogP contribution in [0.25, 0.3) is 11.1 Å². The van der Waals surface area contributed by atoms with Gasteiger partial charge in [0.25, 0.3) is 0 Å². The Labute approximate surface area is 182 Å². The second-order valence-electron chi connectivity index (χ2n) is 8.10. The van der Waals surface area contributed by atoms with Crippen LogP contribution in [0.1, 0.15) is 47.8 Å². The fourth-order valence-corrected chi connectivity index (χ4v) is 4.71. The van der Waals surface area contributed by atoms with E-state index in [4.69, 9.17) is 0 Å². The number of benzene rings is 3. The summed E-state index contributed by atoms with van der Waals surface area (Å²) in [5.74, 6) is 0. The van der Waals surface area contributed by atoms with Crippen LogP contribution < -0.4 is 5.30 Å². The Kier molecular flexibility index (Phi) is 7.47. The summed E-state index contributed by atoms with van der Waals surface area (Å²) in [6, 6.07) is 22.9. The fourth-order valence-electron chi connectivity index (χ4n) is 3.40. The Balaban J connectivity index is 0.00000280. The maximum atomic E-state index is 13.2. The molecule has 0 heterocycles. The van der Waals surface area contributed by atoms with Crippen LogP contribution in [0.4, 0.5) is 0 Å². The average Bonchev–Trinajstić information content (AvgIpc) is 2.61. The van der Waals surface area contributed by atoms with Gasteiger partial charge in [0.05, 0.1) is 0 Å². The zero-order chi connectivity index (χ0) is 19.6. The first kappa shape index (κ1) is 22.6. The molecule has 0 bridgehead atoms. The standard InChI is InChI=1S/C25H27OP.Li/c1-17-15-20(25(3,4)5)16-18(2)23(17)24(26)27-22-14-10-9-13-21(22)19-11-7-6-8-12-19;/h6-16,27H,1-5H3;. The smallest absolute Gasteiger partial charge is 0.186 e. The first-order valence-corrected chi connectivity index (χ1v) is 10.3. The van der Waals surface area contributed by atoms with Crippen molar-refractivity contribution < 1.29 is 4.79 Å². The molecule has 0 saturated heterocycles. The zero-order valence-corrected chi connectivity index (χ0v) is 18.8. The van der Waals surface area contributed by atoms with E-state index in [1.807, 2.05) is 30.3 Å². The molecule has 28 heavy (non-hydrogen) atoms. The van der Waals surface area contributed by atoms with Gasteiger partial charge < -0.3 is 0 Å². The van der Waals surface area contributed by atoms with Gasteiger partial charge in [-0.3, -0.25) is 4.79 Å². The minimum Gasteiger partial charge on any atom is -0.289 e. The monoisotopic (exact) mass is 381 g/mol. The zero-order valence-electron chi connectivity index (χ0n) is 17.8. The van der Waals surface area contributed by atoms with E-state index in [2.05, 4.69) is 71.0 Å². The van der Waals surface area contributed by atoms with Gasteiger partial charge in [0, 0.05) is 24.4 Å². The molecule has 3 aromatic carbocycles. The summed E-state index contributed by atoms with van der Waals surface area (Å²) in [7, 11) is 0.117. The Hall–Kier alpha value is -1.64. The van der Waals surface area contributed by atoms with Crippen molar-refractivity contribution in [2.75, 3.05) is 0 Å². The van der Waals surface area contributed by atoms with Crippen LogP contribution in [0, 0.1) is 13.8 Å². The Morgan fingerprint density at radius 2 is 1.36 bits per heavy atom. The summed E-state index contributed by atoms with van der Waals surface area (Å²) in [4.78, 5) is 13.2. The van der Waals surface area contributed by atoms with Crippen LogP contribution in [-0.4, -0.2) is 24.4 Å². The minimum atomic E-state index is 0. The van der Waals surface area contributed by atoms with Crippen LogP contribution in [0.2, 0.25) is 0 Å². The first-order valence-electron chi connectivity index (χ1n) is 9.35. The van der Waals surface area contributed by atoms with Crippen LogP contribution in [0.5, 0.6) is 0 Å². The summed E-state index contributed by atoms with van der Waals surface area (Å²) < 4.78 is 0. The number of carbonyl (C=O) groups excluding carboxylic acids is 1. The molecule has 0 aliphatic carbocycles. The number of rotatable bonds is 4. The van der Waals surface area contributed by atoms with Crippen molar-refractivity contribution in [1.29, 1.82) is 0 Å². The topological polar surface area (TPSA) is 17.1 Å². The molecule has 1 nitrogen and oxygen atoms in total. The van der Waals surface area contributed by atoms with Gasteiger partial charge in [-0.1, -0.05) is 87.5 Å². The van der Waals surface area contributed by atoms with Gasteiger partial charge in [0.1, 0.15) is 0 Å². The molecular weight excluding hydrogens is 354 g/mol. The predicted octanol–water partition coefficient (Wildman–Crippen LogP) is 6.03. The van der Waals surface area contributed by atoms with Crippen LogP contribution in [0.3, 0.4) is 0 Å². The molecule has 0 fully saturated rings. The fraction of sp³-hybridized carbons (Fsp3) is 0.240. The van der Waals surface area contributed by atoms with Gasteiger partial charge in [-0.25, -0.2) is 0 Å². The summed E-state index contributed by atoms with van der Waals surface area (Å²) in [5.41, 5.74) is 6.92. The predicted molar refractivity (Wildman–Crippen MR) is 125 cm³/mol.